The van der Waals surface area contributed by atoms with Crippen LogP contribution in [0.25, 0.3) is 10.9 Å². The van der Waals surface area contributed by atoms with E-state index < -0.39 is 0 Å². The maximum atomic E-state index is 12.8. The van der Waals surface area contributed by atoms with Crippen LogP contribution in [0.4, 0.5) is 0 Å². The van der Waals surface area contributed by atoms with Crippen LogP contribution < -0.4 is 10.3 Å². The number of ether oxygens (including phenoxy) is 1. The molecule has 0 aliphatic carbocycles. The summed E-state index contributed by atoms with van der Waals surface area (Å²) in [6, 6.07) is 10.6. The molecule has 0 radical (unpaired) electrons. The number of rotatable bonds is 5. The number of nitrogens with zero attached hydrogens (tertiary/aromatic N) is 2. The van der Waals surface area contributed by atoms with Crippen LogP contribution in [0.15, 0.2) is 53.6 Å². The fourth-order valence-corrected chi connectivity index (χ4v) is 2.80. The molecule has 0 saturated heterocycles. The molecule has 3 rings (SSSR count). The number of aromatic amines is 1. The second kappa shape index (κ2) is 7.39. The van der Waals surface area contributed by atoms with Gasteiger partial charge in [0.15, 0.2) is 0 Å². The normalized spacial score (nSPS) is 10.9. The van der Waals surface area contributed by atoms with Crippen LogP contribution in [0.5, 0.6) is 5.75 Å². The molecule has 1 N–H and O–H groups in total. The first-order chi connectivity index (χ1) is 12.5. The van der Waals surface area contributed by atoms with E-state index in [9.17, 15) is 9.59 Å². The molecule has 0 bridgehead atoms. The zero-order valence-corrected chi connectivity index (χ0v) is 15.0. The SMILES string of the molecule is COc1ccc2[nH]c(=O)c(CN(C(=O)c3cccnc3)C(C)C)cc2c1. The number of benzene rings is 1. The van der Waals surface area contributed by atoms with Crippen LogP contribution in [0.3, 0.4) is 0 Å². The molecular weight excluding hydrogens is 330 g/mol. The molecule has 6 heteroatoms. The number of fused-ring (bicyclic) bond motifs is 1. The summed E-state index contributed by atoms with van der Waals surface area (Å²) in [6.45, 7) is 4.06. The van der Waals surface area contributed by atoms with Gasteiger partial charge in [0.1, 0.15) is 5.75 Å². The number of hydrogen-bond donors (Lipinski definition) is 1. The number of carbonyl (C=O) groups excluding carboxylic acids is 1. The summed E-state index contributed by atoms with van der Waals surface area (Å²) in [5, 5.41) is 0.858. The van der Waals surface area contributed by atoms with Gasteiger partial charge in [-0.2, -0.15) is 0 Å². The van der Waals surface area contributed by atoms with Gasteiger partial charge in [-0.05, 0) is 50.2 Å². The molecule has 0 aliphatic heterocycles. The zero-order valence-electron chi connectivity index (χ0n) is 15.0. The van der Waals surface area contributed by atoms with E-state index in [2.05, 4.69) is 9.97 Å². The Kier molecular flexibility index (Phi) is 5.02. The Balaban J connectivity index is 1.97. The fourth-order valence-electron chi connectivity index (χ4n) is 2.80. The maximum Gasteiger partial charge on any atom is 0.255 e. The first-order valence-electron chi connectivity index (χ1n) is 8.40. The van der Waals surface area contributed by atoms with Crippen LogP contribution >= 0.6 is 0 Å². The van der Waals surface area contributed by atoms with Gasteiger partial charge in [0.2, 0.25) is 0 Å². The molecule has 0 atom stereocenters. The standard InChI is InChI=1S/C20H21N3O3/c1-13(2)23(20(25)14-5-4-8-21-11-14)12-16-9-15-10-17(26-3)6-7-18(15)22-19(16)24/h4-11,13H,12H2,1-3H3,(H,22,24). The predicted octanol–water partition coefficient (Wildman–Crippen LogP) is 2.98. The Hall–Kier alpha value is -3.15. The smallest absolute Gasteiger partial charge is 0.255 e. The largest absolute Gasteiger partial charge is 0.497 e. The van der Waals surface area contributed by atoms with Gasteiger partial charge in [-0.3, -0.25) is 14.6 Å². The Morgan fingerprint density at radius 3 is 2.73 bits per heavy atom. The average Bonchev–Trinajstić information content (AvgIpc) is 2.65. The molecule has 0 fully saturated rings. The van der Waals surface area contributed by atoms with Gasteiger partial charge >= 0.3 is 0 Å². The van der Waals surface area contributed by atoms with Crippen LogP contribution in [0, 0.1) is 0 Å². The van der Waals surface area contributed by atoms with E-state index in [4.69, 9.17) is 4.74 Å². The van der Waals surface area contributed by atoms with Crippen molar-refractivity contribution in [2.75, 3.05) is 7.11 Å². The van der Waals surface area contributed by atoms with Crippen molar-refractivity contribution in [1.29, 1.82) is 0 Å². The van der Waals surface area contributed by atoms with Gasteiger partial charge in [0.25, 0.3) is 11.5 Å². The second-order valence-corrected chi connectivity index (χ2v) is 6.35. The minimum atomic E-state index is -0.202. The highest BCUT2D eigenvalue weighted by Gasteiger charge is 2.20. The molecule has 2 heterocycles. The van der Waals surface area contributed by atoms with Crippen LogP contribution in [-0.4, -0.2) is 33.9 Å². The van der Waals surface area contributed by atoms with E-state index >= 15 is 0 Å². The zero-order chi connectivity index (χ0) is 18.7. The van der Waals surface area contributed by atoms with Crippen LogP contribution in [0.2, 0.25) is 0 Å². The van der Waals surface area contributed by atoms with E-state index in [-0.39, 0.29) is 24.1 Å². The van der Waals surface area contributed by atoms with Crippen molar-refractivity contribution in [2.24, 2.45) is 0 Å². The third-order valence-corrected chi connectivity index (χ3v) is 4.26. The summed E-state index contributed by atoms with van der Waals surface area (Å²) in [5.74, 6) is 0.556. The Bertz CT molecular complexity index is 981. The Labute approximate surface area is 151 Å². The molecule has 3 aromatic rings. The number of hydrogen-bond acceptors (Lipinski definition) is 4. The molecule has 6 nitrogen and oxygen atoms in total. The van der Waals surface area contributed by atoms with Crippen molar-refractivity contribution in [3.63, 3.8) is 0 Å². The van der Waals surface area contributed by atoms with Crippen molar-refractivity contribution in [3.8, 4) is 5.75 Å². The third-order valence-electron chi connectivity index (χ3n) is 4.26. The van der Waals surface area contributed by atoms with Gasteiger partial charge in [0, 0.05) is 34.9 Å². The Morgan fingerprint density at radius 1 is 1.27 bits per heavy atom. The number of aromatic nitrogens is 2. The van der Waals surface area contributed by atoms with Crippen molar-refractivity contribution < 1.29 is 9.53 Å². The highest BCUT2D eigenvalue weighted by molar-refractivity contribution is 5.94. The highest BCUT2D eigenvalue weighted by Crippen LogP contribution is 2.20. The number of amides is 1. The van der Waals surface area contributed by atoms with Gasteiger partial charge in [-0.15, -0.1) is 0 Å². The van der Waals surface area contributed by atoms with E-state index in [0.717, 1.165) is 10.9 Å². The highest BCUT2D eigenvalue weighted by atomic mass is 16.5. The van der Waals surface area contributed by atoms with E-state index in [1.165, 1.54) is 6.20 Å². The molecule has 0 saturated carbocycles. The Morgan fingerprint density at radius 2 is 2.08 bits per heavy atom. The molecule has 0 spiro atoms. The topological polar surface area (TPSA) is 75.3 Å². The molecular formula is C20H21N3O3. The minimum Gasteiger partial charge on any atom is -0.497 e. The van der Waals surface area contributed by atoms with E-state index in [1.54, 1.807) is 42.5 Å². The quantitative estimate of drug-likeness (QED) is 0.767. The number of nitrogens with one attached hydrogen (secondary N) is 1. The first-order valence-corrected chi connectivity index (χ1v) is 8.40. The van der Waals surface area contributed by atoms with Crippen molar-refractivity contribution in [3.05, 3.63) is 70.3 Å². The molecule has 0 aliphatic rings. The molecule has 26 heavy (non-hydrogen) atoms. The fraction of sp³-hybridized carbons (Fsp3) is 0.250. The van der Waals surface area contributed by atoms with Crippen LogP contribution in [0.1, 0.15) is 29.8 Å². The monoisotopic (exact) mass is 351 g/mol. The van der Waals surface area contributed by atoms with Crippen molar-refractivity contribution >= 4 is 16.8 Å². The lowest BCUT2D eigenvalue weighted by molar-refractivity contribution is 0.0689. The third kappa shape index (κ3) is 3.59. The van der Waals surface area contributed by atoms with Gasteiger partial charge in [0.05, 0.1) is 19.2 Å². The number of pyridine rings is 2. The lowest BCUT2D eigenvalue weighted by Crippen LogP contribution is -2.38. The summed E-state index contributed by atoms with van der Waals surface area (Å²) in [7, 11) is 1.60. The molecule has 0 unspecified atom stereocenters. The summed E-state index contributed by atoms with van der Waals surface area (Å²) in [5.41, 5.74) is 1.55. The van der Waals surface area contributed by atoms with Gasteiger partial charge < -0.3 is 14.6 Å². The molecule has 2 aromatic heterocycles. The van der Waals surface area contributed by atoms with Gasteiger partial charge in [-0.25, -0.2) is 0 Å². The molecule has 1 amide bonds. The summed E-state index contributed by atoms with van der Waals surface area (Å²) < 4.78 is 5.24. The van der Waals surface area contributed by atoms with E-state index in [0.29, 0.717) is 16.9 Å². The predicted molar refractivity (Wildman–Crippen MR) is 100 cm³/mol. The van der Waals surface area contributed by atoms with Crippen molar-refractivity contribution in [1.82, 2.24) is 14.9 Å². The minimum absolute atomic E-state index is 0.0666. The number of carbonyl (C=O) groups is 1. The number of H-pyrrole nitrogens is 1. The lowest BCUT2D eigenvalue weighted by atomic mass is 10.1. The summed E-state index contributed by atoms with van der Waals surface area (Å²) in [4.78, 5) is 33.8. The maximum absolute atomic E-state index is 12.8. The van der Waals surface area contributed by atoms with E-state index in [1.807, 2.05) is 26.0 Å². The average molecular weight is 351 g/mol. The molecule has 1 aromatic carbocycles. The van der Waals surface area contributed by atoms with Crippen LogP contribution in [-0.2, 0) is 6.54 Å². The second-order valence-electron chi connectivity index (χ2n) is 6.35. The van der Waals surface area contributed by atoms with Gasteiger partial charge in [-0.1, -0.05) is 0 Å². The first kappa shape index (κ1) is 17.7. The summed E-state index contributed by atoms with van der Waals surface area (Å²) >= 11 is 0. The molecule has 134 valence electrons. The number of methoxy groups -OCH3 is 1. The lowest BCUT2D eigenvalue weighted by Gasteiger charge is -2.26. The summed E-state index contributed by atoms with van der Waals surface area (Å²) in [6.07, 6.45) is 3.16. The van der Waals surface area contributed by atoms with Crippen molar-refractivity contribution in [2.45, 2.75) is 26.4 Å².